The molecule has 0 bridgehead atoms. The minimum absolute atomic E-state index is 0.0538. The normalized spacial score (nSPS) is 24.9. The Bertz CT molecular complexity index is 261. The summed E-state index contributed by atoms with van der Waals surface area (Å²) in [5.74, 6) is -1.66. The summed E-state index contributed by atoms with van der Waals surface area (Å²) in [5.41, 5.74) is 0. The highest BCUT2D eigenvalue weighted by Gasteiger charge is 2.42. The van der Waals surface area contributed by atoms with E-state index in [1.54, 1.807) is 0 Å². The van der Waals surface area contributed by atoms with E-state index >= 15 is 0 Å². The first-order chi connectivity index (χ1) is 8.45. The lowest BCUT2D eigenvalue weighted by Crippen LogP contribution is -2.36. The first kappa shape index (κ1) is 15.3. The number of nitrogens with one attached hydrogen (secondary N) is 1. The number of alkyl halides is 3. The highest BCUT2D eigenvalue weighted by atomic mass is 19.4. The molecule has 1 rings (SSSR count). The second kappa shape index (κ2) is 6.97. The summed E-state index contributed by atoms with van der Waals surface area (Å²) >= 11 is 0. The van der Waals surface area contributed by atoms with E-state index < -0.39 is 12.1 Å². The predicted molar refractivity (Wildman–Crippen MR) is 60.8 cm³/mol. The highest BCUT2D eigenvalue weighted by Crippen LogP contribution is 2.39. The van der Waals surface area contributed by atoms with Gasteiger partial charge in [0.1, 0.15) is 0 Å². The zero-order valence-corrected chi connectivity index (χ0v) is 10.3. The average molecular weight is 267 g/mol. The maximum atomic E-state index is 12.4. The zero-order valence-electron chi connectivity index (χ0n) is 10.3. The first-order valence-electron chi connectivity index (χ1n) is 6.40. The second-order valence-corrected chi connectivity index (χ2v) is 4.81. The van der Waals surface area contributed by atoms with E-state index in [1.807, 2.05) is 0 Å². The third-order valence-corrected chi connectivity index (χ3v) is 3.45. The lowest BCUT2D eigenvalue weighted by atomic mass is 9.81. The van der Waals surface area contributed by atoms with Gasteiger partial charge >= 0.3 is 6.18 Å². The lowest BCUT2D eigenvalue weighted by molar-refractivity contribution is -0.184. The summed E-state index contributed by atoms with van der Waals surface area (Å²) in [6.45, 7) is 0.575. The summed E-state index contributed by atoms with van der Waals surface area (Å²) in [5, 5.41) is 11.3. The van der Waals surface area contributed by atoms with Gasteiger partial charge < -0.3 is 10.4 Å². The number of hydrogen-bond acceptors (Lipinski definition) is 2. The van der Waals surface area contributed by atoms with Gasteiger partial charge in [-0.25, -0.2) is 0 Å². The fourth-order valence-corrected chi connectivity index (χ4v) is 2.28. The molecule has 1 saturated carbocycles. The van der Waals surface area contributed by atoms with Crippen LogP contribution in [0.2, 0.25) is 0 Å². The van der Waals surface area contributed by atoms with Crippen molar-refractivity contribution in [1.82, 2.24) is 5.32 Å². The molecule has 1 amide bonds. The molecule has 0 atom stereocenters. The van der Waals surface area contributed by atoms with Gasteiger partial charge in [-0.05, 0) is 38.5 Å². The molecule has 0 spiro atoms. The van der Waals surface area contributed by atoms with E-state index in [0.29, 0.717) is 32.2 Å². The van der Waals surface area contributed by atoms with Crippen molar-refractivity contribution in [2.24, 2.45) is 11.8 Å². The largest absolute Gasteiger partial charge is 0.396 e. The van der Waals surface area contributed by atoms with Crippen LogP contribution in [0.15, 0.2) is 0 Å². The molecule has 2 N–H and O–H groups in total. The second-order valence-electron chi connectivity index (χ2n) is 4.81. The zero-order chi connectivity index (χ0) is 13.6. The Labute approximate surface area is 105 Å². The van der Waals surface area contributed by atoms with Crippen LogP contribution in [0.25, 0.3) is 0 Å². The molecule has 0 aromatic heterocycles. The maximum Gasteiger partial charge on any atom is 0.391 e. The summed E-state index contributed by atoms with van der Waals surface area (Å²) in [6, 6.07) is 0. The van der Waals surface area contributed by atoms with Gasteiger partial charge in [-0.1, -0.05) is 0 Å². The molecule has 0 unspecified atom stereocenters. The third-order valence-electron chi connectivity index (χ3n) is 3.45. The van der Waals surface area contributed by atoms with Crippen molar-refractivity contribution in [3.8, 4) is 0 Å². The number of unbranched alkanes of at least 4 members (excludes halogenated alkanes) is 1. The van der Waals surface area contributed by atoms with Crippen LogP contribution in [0.4, 0.5) is 13.2 Å². The molecule has 1 fully saturated rings. The first-order valence-corrected chi connectivity index (χ1v) is 6.40. The van der Waals surface area contributed by atoms with Crippen molar-refractivity contribution in [2.75, 3.05) is 13.2 Å². The van der Waals surface area contributed by atoms with E-state index in [4.69, 9.17) is 5.11 Å². The van der Waals surface area contributed by atoms with Crippen molar-refractivity contribution < 1.29 is 23.1 Å². The van der Waals surface area contributed by atoms with E-state index in [2.05, 4.69) is 5.32 Å². The number of carbonyl (C=O) groups excluding carboxylic acids is 1. The molecule has 0 aromatic rings. The standard InChI is InChI=1S/C12H20F3NO2/c13-12(14,15)10-5-3-9(4-6-10)11(18)16-7-1-2-8-17/h9-10,17H,1-8H2,(H,16,18). The van der Waals surface area contributed by atoms with Crippen LogP contribution in [0, 0.1) is 11.8 Å². The molecule has 0 saturated heterocycles. The van der Waals surface area contributed by atoms with Crippen LogP contribution in [0.5, 0.6) is 0 Å². The molecule has 0 heterocycles. The van der Waals surface area contributed by atoms with Crippen LogP contribution >= 0.6 is 0 Å². The fraction of sp³-hybridized carbons (Fsp3) is 0.917. The molecule has 0 aromatic carbocycles. The van der Waals surface area contributed by atoms with Crippen molar-refractivity contribution >= 4 is 5.91 Å². The molecule has 6 heteroatoms. The van der Waals surface area contributed by atoms with Crippen LogP contribution < -0.4 is 5.32 Å². The number of aliphatic hydroxyl groups is 1. The minimum atomic E-state index is -4.12. The number of aliphatic hydroxyl groups excluding tert-OH is 1. The summed E-state index contributed by atoms with van der Waals surface area (Å²) < 4.78 is 37.3. The van der Waals surface area contributed by atoms with E-state index in [1.165, 1.54) is 0 Å². The van der Waals surface area contributed by atoms with Crippen molar-refractivity contribution in [2.45, 2.75) is 44.7 Å². The Hall–Kier alpha value is -0.780. The number of amides is 1. The van der Waals surface area contributed by atoms with Gasteiger partial charge in [0.05, 0.1) is 5.92 Å². The molecule has 3 nitrogen and oxygen atoms in total. The molecule has 106 valence electrons. The maximum absolute atomic E-state index is 12.4. The van der Waals surface area contributed by atoms with Gasteiger partial charge in [0.25, 0.3) is 0 Å². The van der Waals surface area contributed by atoms with Crippen molar-refractivity contribution in [1.29, 1.82) is 0 Å². The Morgan fingerprint density at radius 2 is 1.78 bits per heavy atom. The molecule has 0 aliphatic heterocycles. The van der Waals surface area contributed by atoms with Crippen LogP contribution in [-0.4, -0.2) is 30.3 Å². The fourth-order valence-electron chi connectivity index (χ4n) is 2.28. The molecule has 1 aliphatic carbocycles. The predicted octanol–water partition coefficient (Wildman–Crippen LogP) is 2.24. The quantitative estimate of drug-likeness (QED) is 0.751. The molecular weight excluding hydrogens is 247 g/mol. The van der Waals surface area contributed by atoms with Gasteiger partial charge in [0.15, 0.2) is 0 Å². The smallest absolute Gasteiger partial charge is 0.391 e. The van der Waals surface area contributed by atoms with Gasteiger partial charge in [-0.3, -0.25) is 4.79 Å². The van der Waals surface area contributed by atoms with Crippen LogP contribution in [-0.2, 0) is 4.79 Å². The number of hydrogen-bond donors (Lipinski definition) is 2. The topological polar surface area (TPSA) is 49.3 Å². The average Bonchev–Trinajstić information content (AvgIpc) is 2.33. The van der Waals surface area contributed by atoms with Crippen molar-refractivity contribution in [3.63, 3.8) is 0 Å². The highest BCUT2D eigenvalue weighted by molar-refractivity contribution is 5.78. The van der Waals surface area contributed by atoms with Crippen LogP contribution in [0.1, 0.15) is 38.5 Å². The summed E-state index contributed by atoms with van der Waals surface area (Å²) in [6.07, 6.45) is -2.06. The third kappa shape index (κ3) is 4.84. The van der Waals surface area contributed by atoms with Gasteiger partial charge in [-0.15, -0.1) is 0 Å². The summed E-state index contributed by atoms with van der Waals surface area (Å²) in [4.78, 5) is 11.7. The van der Waals surface area contributed by atoms with Gasteiger partial charge in [0, 0.05) is 19.1 Å². The van der Waals surface area contributed by atoms with E-state index in [0.717, 1.165) is 0 Å². The SMILES string of the molecule is O=C(NCCCCO)C1CCC(C(F)(F)F)CC1. The Kier molecular flexibility index (Phi) is 5.91. The Morgan fingerprint density at radius 1 is 1.17 bits per heavy atom. The minimum Gasteiger partial charge on any atom is -0.396 e. The lowest BCUT2D eigenvalue weighted by Gasteiger charge is -2.29. The molecule has 18 heavy (non-hydrogen) atoms. The Balaban J connectivity index is 2.23. The van der Waals surface area contributed by atoms with E-state index in [9.17, 15) is 18.0 Å². The molecule has 1 aliphatic rings. The van der Waals surface area contributed by atoms with Crippen molar-refractivity contribution in [3.05, 3.63) is 0 Å². The van der Waals surface area contributed by atoms with Gasteiger partial charge in [-0.2, -0.15) is 13.2 Å². The van der Waals surface area contributed by atoms with E-state index in [-0.39, 0.29) is 31.3 Å². The summed E-state index contributed by atoms with van der Waals surface area (Å²) in [7, 11) is 0. The van der Waals surface area contributed by atoms with Crippen LogP contribution in [0.3, 0.4) is 0 Å². The van der Waals surface area contributed by atoms with Gasteiger partial charge in [0.2, 0.25) is 5.91 Å². The Morgan fingerprint density at radius 3 is 2.28 bits per heavy atom. The number of rotatable bonds is 5. The monoisotopic (exact) mass is 267 g/mol. The molecule has 0 radical (unpaired) electrons. The number of carbonyl (C=O) groups is 1. The molecular formula is C12H20F3NO2. The number of halogens is 3.